The molecule has 0 N–H and O–H groups in total. The highest BCUT2D eigenvalue weighted by Crippen LogP contribution is 2.25. The van der Waals surface area contributed by atoms with Crippen LogP contribution in [0.4, 0.5) is 13.2 Å². The molecule has 1 amide bonds. The first-order valence-electron chi connectivity index (χ1n) is 7.21. The molecule has 0 saturated heterocycles. The lowest BCUT2D eigenvalue weighted by Gasteiger charge is -2.23. The minimum absolute atomic E-state index is 0.0791. The van der Waals surface area contributed by atoms with Gasteiger partial charge in [0.2, 0.25) is 10.0 Å². The third kappa shape index (κ3) is 4.47. The molecule has 1 aromatic carbocycles. The Labute approximate surface area is 140 Å². The number of sulfonamides is 1. The van der Waals surface area contributed by atoms with Crippen LogP contribution in [-0.2, 0) is 10.0 Å². The summed E-state index contributed by atoms with van der Waals surface area (Å²) in [6, 6.07) is 2.55. The molecule has 0 fully saturated rings. The first kappa shape index (κ1) is 20.4. The molecule has 0 unspecified atom stereocenters. The highest BCUT2D eigenvalue weighted by Gasteiger charge is 2.33. The maximum atomic E-state index is 12.6. The highest BCUT2D eigenvalue weighted by atomic mass is 32.2. The number of nitrogens with zero attached hydrogens (tertiary/aromatic N) is 2. The van der Waals surface area contributed by atoms with Gasteiger partial charge in [-0.05, 0) is 44.0 Å². The van der Waals surface area contributed by atoms with Crippen LogP contribution in [0.3, 0.4) is 0 Å². The first-order chi connectivity index (χ1) is 10.8. The maximum Gasteiger partial charge on any atom is 0.406 e. The number of rotatable bonds is 5. The Hall–Kier alpha value is -1.61. The van der Waals surface area contributed by atoms with Crippen LogP contribution >= 0.6 is 0 Å². The summed E-state index contributed by atoms with van der Waals surface area (Å²) in [4.78, 5) is 12.9. The van der Waals surface area contributed by atoms with Crippen LogP contribution in [0.25, 0.3) is 0 Å². The van der Waals surface area contributed by atoms with Crippen LogP contribution in [-0.4, -0.2) is 56.9 Å². The molecule has 9 heteroatoms. The quantitative estimate of drug-likeness (QED) is 0.805. The number of carbonyl (C=O) groups is 1. The van der Waals surface area contributed by atoms with E-state index in [1.54, 1.807) is 13.8 Å². The molecule has 0 aliphatic rings. The zero-order valence-electron chi connectivity index (χ0n) is 14.2. The fourth-order valence-corrected chi connectivity index (χ4v) is 3.36. The van der Waals surface area contributed by atoms with Gasteiger partial charge in [0.25, 0.3) is 5.91 Å². The van der Waals surface area contributed by atoms with Gasteiger partial charge in [0, 0.05) is 26.2 Å². The van der Waals surface area contributed by atoms with Crippen molar-refractivity contribution in [2.45, 2.75) is 31.8 Å². The summed E-state index contributed by atoms with van der Waals surface area (Å²) in [5.74, 6) is -0.854. The largest absolute Gasteiger partial charge is 0.406 e. The lowest BCUT2D eigenvalue weighted by atomic mass is 10.1. The van der Waals surface area contributed by atoms with Crippen molar-refractivity contribution >= 4 is 15.9 Å². The molecule has 1 rings (SSSR count). The molecule has 24 heavy (non-hydrogen) atoms. The van der Waals surface area contributed by atoms with Gasteiger partial charge in [-0.2, -0.15) is 13.2 Å². The molecule has 0 atom stereocenters. The van der Waals surface area contributed by atoms with Gasteiger partial charge in [-0.25, -0.2) is 12.7 Å². The zero-order valence-corrected chi connectivity index (χ0v) is 15.0. The Morgan fingerprint density at radius 2 is 1.71 bits per heavy atom. The summed E-state index contributed by atoms with van der Waals surface area (Å²) >= 11 is 0. The van der Waals surface area contributed by atoms with E-state index in [-0.39, 0.29) is 17.0 Å². The zero-order chi connectivity index (χ0) is 18.9. The Bertz CT molecular complexity index is 728. The monoisotopic (exact) mass is 366 g/mol. The average Bonchev–Trinajstić information content (AvgIpc) is 2.45. The van der Waals surface area contributed by atoms with Crippen molar-refractivity contribution in [3.05, 3.63) is 28.8 Å². The smallest absolute Gasteiger partial charge is 0.330 e. The maximum absolute atomic E-state index is 12.6. The highest BCUT2D eigenvalue weighted by molar-refractivity contribution is 7.89. The summed E-state index contributed by atoms with van der Waals surface area (Å²) in [6.45, 7) is 3.11. The Kier molecular flexibility index (Phi) is 6.05. The molecule has 0 heterocycles. The number of hydrogen-bond donors (Lipinski definition) is 0. The van der Waals surface area contributed by atoms with Crippen molar-refractivity contribution in [1.82, 2.24) is 9.21 Å². The molecule has 5 nitrogen and oxygen atoms in total. The van der Waals surface area contributed by atoms with Crippen LogP contribution in [0.1, 0.15) is 28.4 Å². The standard InChI is InChI=1S/C15H21F3N2O3S/c1-6-20(9-15(16,17)18)14(21)12-7-10(2)11(3)13(8-12)24(22,23)19(4)5/h7-8H,6,9H2,1-5H3. The predicted octanol–water partition coefficient (Wildman–Crippen LogP) is 2.58. The van der Waals surface area contributed by atoms with Crippen LogP contribution in [0, 0.1) is 13.8 Å². The van der Waals surface area contributed by atoms with E-state index in [4.69, 9.17) is 0 Å². The van der Waals surface area contributed by atoms with Gasteiger partial charge in [-0.3, -0.25) is 4.79 Å². The Balaban J connectivity index is 3.41. The molecule has 0 bridgehead atoms. The fraction of sp³-hybridized carbons (Fsp3) is 0.533. The van der Waals surface area contributed by atoms with Crippen LogP contribution < -0.4 is 0 Å². The van der Waals surface area contributed by atoms with Gasteiger partial charge in [0.1, 0.15) is 6.54 Å². The van der Waals surface area contributed by atoms with Crippen LogP contribution in [0.15, 0.2) is 17.0 Å². The lowest BCUT2D eigenvalue weighted by Crippen LogP contribution is -2.39. The van der Waals surface area contributed by atoms with E-state index < -0.39 is 28.7 Å². The number of aryl methyl sites for hydroxylation is 1. The number of alkyl halides is 3. The van der Waals surface area contributed by atoms with Crippen molar-refractivity contribution in [3.8, 4) is 0 Å². The molecule has 136 valence electrons. The van der Waals surface area contributed by atoms with Crippen molar-refractivity contribution in [2.24, 2.45) is 0 Å². The second kappa shape index (κ2) is 7.10. The van der Waals surface area contributed by atoms with Gasteiger partial charge in [-0.1, -0.05) is 0 Å². The summed E-state index contributed by atoms with van der Waals surface area (Å²) in [7, 11) is -1.12. The second-order valence-corrected chi connectivity index (χ2v) is 7.76. The minimum atomic E-state index is -4.52. The molecule has 0 aliphatic heterocycles. The molecular weight excluding hydrogens is 345 g/mol. The summed E-state index contributed by atoms with van der Waals surface area (Å²) in [5, 5.41) is 0. The number of hydrogen-bond acceptors (Lipinski definition) is 3. The molecule has 0 saturated carbocycles. The number of carbonyl (C=O) groups excluding carboxylic acids is 1. The van der Waals surface area contributed by atoms with E-state index in [0.29, 0.717) is 16.0 Å². The van der Waals surface area contributed by atoms with Gasteiger partial charge in [0.15, 0.2) is 0 Å². The van der Waals surface area contributed by atoms with Crippen molar-refractivity contribution in [2.75, 3.05) is 27.2 Å². The third-order valence-corrected chi connectivity index (χ3v) is 5.61. The number of amides is 1. The molecule has 0 aromatic heterocycles. The SMILES string of the molecule is CCN(CC(F)(F)F)C(=O)c1cc(C)c(C)c(S(=O)(=O)N(C)C)c1. The topological polar surface area (TPSA) is 57.7 Å². The van der Waals surface area contributed by atoms with E-state index in [9.17, 15) is 26.4 Å². The minimum Gasteiger partial charge on any atom is -0.330 e. The Morgan fingerprint density at radius 1 is 1.17 bits per heavy atom. The van der Waals surface area contributed by atoms with Gasteiger partial charge in [-0.15, -0.1) is 0 Å². The first-order valence-corrected chi connectivity index (χ1v) is 8.65. The van der Waals surface area contributed by atoms with Gasteiger partial charge >= 0.3 is 6.18 Å². The van der Waals surface area contributed by atoms with Crippen molar-refractivity contribution < 1.29 is 26.4 Å². The number of halogens is 3. The summed E-state index contributed by atoms with van der Waals surface area (Å²) in [6.07, 6.45) is -4.52. The predicted molar refractivity (Wildman–Crippen MR) is 84.4 cm³/mol. The van der Waals surface area contributed by atoms with E-state index in [0.717, 1.165) is 10.4 Å². The average molecular weight is 366 g/mol. The van der Waals surface area contributed by atoms with E-state index >= 15 is 0 Å². The van der Waals surface area contributed by atoms with Crippen LogP contribution in [0.5, 0.6) is 0 Å². The van der Waals surface area contributed by atoms with Crippen molar-refractivity contribution in [3.63, 3.8) is 0 Å². The molecule has 1 aromatic rings. The number of benzene rings is 1. The lowest BCUT2D eigenvalue weighted by molar-refractivity contribution is -0.140. The molecule has 0 spiro atoms. The summed E-state index contributed by atoms with van der Waals surface area (Å²) < 4.78 is 63.5. The fourth-order valence-electron chi connectivity index (χ4n) is 2.14. The molecule has 0 aliphatic carbocycles. The van der Waals surface area contributed by atoms with E-state index in [2.05, 4.69) is 0 Å². The summed E-state index contributed by atoms with van der Waals surface area (Å²) in [5.41, 5.74) is 0.896. The van der Waals surface area contributed by atoms with Gasteiger partial charge in [0.05, 0.1) is 4.90 Å². The van der Waals surface area contributed by atoms with E-state index in [1.165, 1.54) is 27.1 Å². The second-order valence-electron chi connectivity index (χ2n) is 5.64. The third-order valence-electron chi connectivity index (χ3n) is 3.66. The molecular formula is C15H21F3N2O3S. The normalized spacial score (nSPS) is 12.5. The Morgan fingerprint density at radius 3 is 2.12 bits per heavy atom. The molecule has 0 radical (unpaired) electrons. The van der Waals surface area contributed by atoms with Crippen LogP contribution in [0.2, 0.25) is 0 Å². The van der Waals surface area contributed by atoms with E-state index in [1.807, 2.05) is 0 Å². The van der Waals surface area contributed by atoms with Crippen molar-refractivity contribution in [1.29, 1.82) is 0 Å². The van der Waals surface area contributed by atoms with Gasteiger partial charge < -0.3 is 4.90 Å².